The van der Waals surface area contributed by atoms with Crippen molar-refractivity contribution in [2.45, 2.75) is 18.9 Å². The van der Waals surface area contributed by atoms with Gasteiger partial charge in [-0.3, -0.25) is 4.79 Å². The van der Waals surface area contributed by atoms with E-state index in [1.165, 1.54) is 18.2 Å². The Labute approximate surface area is 148 Å². The summed E-state index contributed by atoms with van der Waals surface area (Å²) in [6, 6.07) is 14.5. The van der Waals surface area contributed by atoms with E-state index in [0.29, 0.717) is 11.5 Å². The van der Waals surface area contributed by atoms with E-state index in [0.717, 1.165) is 18.4 Å². The Bertz CT molecular complexity index is 727. The molecule has 3 N–H and O–H groups in total. The summed E-state index contributed by atoms with van der Waals surface area (Å²) in [7, 11) is 0. The topological polar surface area (TPSA) is 69.6 Å². The fraction of sp³-hybridized carbons (Fsp3) is 0.211. The quantitative estimate of drug-likeness (QED) is 0.575. The van der Waals surface area contributed by atoms with Crippen LogP contribution in [0.25, 0.3) is 6.08 Å². The predicted octanol–water partition coefficient (Wildman–Crippen LogP) is 3.49. The average Bonchev–Trinajstić information content (AvgIpc) is 3.39. The summed E-state index contributed by atoms with van der Waals surface area (Å²) in [6.07, 6.45) is 5.33. The number of aromatic hydroxyl groups is 2. The molecule has 126 valence electrons. The van der Waals surface area contributed by atoms with Gasteiger partial charge in [0.05, 0.1) is 6.04 Å². The highest BCUT2D eigenvalue weighted by Crippen LogP contribution is 2.40. The van der Waals surface area contributed by atoms with E-state index in [9.17, 15) is 15.0 Å². The number of phenols is 2. The molecule has 2 aromatic rings. The molecule has 1 aliphatic carbocycles. The molecule has 0 radical (unpaired) electrons. The highest BCUT2D eigenvalue weighted by atomic mass is 32.1. The molecule has 1 atom stereocenters. The fourth-order valence-electron chi connectivity index (χ4n) is 2.58. The summed E-state index contributed by atoms with van der Waals surface area (Å²) >= 11 is 0. The van der Waals surface area contributed by atoms with Crippen molar-refractivity contribution in [1.82, 2.24) is 5.32 Å². The normalized spacial score (nSPS) is 14.8. The Morgan fingerprint density at radius 2 is 1.79 bits per heavy atom. The molecule has 0 spiro atoms. The lowest BCUT2D eigenvalue weighted by Crippen LogP contribution is -2.28. The van der Waals surface area contributed by atoms with E-state index in [4.69, 9.17) is 0 Å². The molecule has 0 aliphatic heterocycles. The van der Waals surface area contributed by atoms with Crippen LogP contribution in [0.4, 0.5) is 0 Å². The van der Waals surface area contributed by atoms with Crippen molar-refractivity contribution in [3.63, 3.8) is 0 Å². The van der Waals surface area contributed by atoms with Crippen molar-refractivity contribution in [3.05, 3.63) is 65.7 Å². The van der Waals surface area contributed by atoms with Gasteiger partial charge in [0.2, 0.25) is 5.91 Å². The third-order valence-electron chi connectivity index (χ3n) is 3.98. The molecule has 1 amide bonds. The zero-order valence-electron chi connectivity index (χ0n) is 13.1. The lowest BCUT2D eigenvalue weighted by atomic mass is 10.0. The number of carbonyl (C=O) groups excluding carboxylic acids is 1. The molecule has 1 fully saturated rings. The third kappa shape index (κ3) is 4.55. The van der Waals surface area contributed by atoms with Crippen LogP contribution in [0.5, 0.6) is 11.5 Å². The largest absolute Gasteiger partial charge is 0.504 e. The number of amides is 1. The molecule has 0 saturated heterocycles. The zero-order chi connectivity index (χ0) is 16.2. The Balaban J connectivity index is 0.00000208. The lowest BCUT2D eigenvalue weighted by Gasteiger charge is -2.17. The first-order valence-electron chi connectivity index (χ1n) is 7.69. The minimum absolute atomic E-state index is 0. The first-order valence-corrected chi connectivity index (χ1v) is 7.69. The van der Waals surface area contributed by atoms with Gasteiger partial charge in [0.1, 0.15) is 0 Å². The SMILES string of the molecule is O=C(/C=C/c1ccc(O)c(O)c1)N[C@H](c1ccccc1)C1CC1.S. The maximum absolute atomic E-state index is 12.2. The molecule has 0 heterocycles. The number of hydrogen-bond donors (Lipinski definition) is 3. The maximum atomic E-state index is 12.2. The minimum Gasteiger partial charge on any atom is -0.504 e. The number of rotatable bonds is 5. The van der Waals surface area contributed by atoms with Gasteiger partial charge in [0.25, 0.3) is 0 Å². The van der Waals surface area contributed by atoms with E-state index in [-0.39, 0.29) is 36.9 Å². The molecule has 1 saturated carbocycles. The van der Waals surface area contributed by atoms with Gasteiger partial charge in [-0.05, 0) is 48.1 Å². The van der Waals surface area contributed by atoms with Gasteiger partial charge in [-0.1, -0.05) is 36.4 Å². The molecular weight excluding hydrogens is 322 g/mol. The number of phenolic OH excluding ortho intramolecular Hbond substituents is 2. The number of hydrogen-bond acceptors (Lipinski definition) is 3. The monoisotopic (exact) mass is 343 g/mol. The molecule has 1 aliphatic rings. The number of nitrogens with one attached hydrogen (secondary N) is 1. The first kappa shape index (κ1) is 17.9. The van der Waals surface area contributed by atoms with Gasteiger partial charge in [-0.25, -0.2) is 0 Å². The number of benzene rings is 2. The van der Waals surface area contributed by atoms with Crippen molar-refractivity contribution in [3.8, 4) is 11.5 Å². The first-order chi connectivity index (χ1) is 11.1. The molecule has 2 aromatic carbocycles. The summed E-state index contributed by atoms with van der Waals surface area (Å²) in [6.45, 7) is 0. The van der Waals surface area contributed by atoms with E-state index in [2.05, 4.69) is 5.32 Å². The number of carbonyl (C=O) groups is 1. The third-order valence-corrected chi connectivity index (χ3v) is 3.98. The standard InChI is InChI=1S/C19H19NO3.H2S/c21-16-10-6-13(12-17(16)22)7-11-18(23)20-19(15-8-9-15)14-4-2-1-3-5-14;/h1-7,10-12,15,19,21-22H,8-9H2,(H,20,23);1H2/b11-7+;/t19-;/m1./s1. The minimum atomic E-state index is -0.201. The van der Waals surface area contributed by atoms with Crippen molar-refractivity contribution in [1.29, 1.82) is 0 Å². The van der Waals surface area contributed by atoms with Crippen LogP contribution in [0, 0.1) is 5.92 Å². The van der Waals surface area contributed by atoms with Crippen molar-refractivity contribution >= 4 is 25.5 Å². The highest BCUT2D eigenvalue weighted by Gasteiger charge is 2.32. The van der Waals surface area contributed by atoms with E-state index in [1.807, 2.05) is 30.3 Å². The van der Waals surface area contributed by atoms with Gasteiger partial charge >= 0.3 is 0 Å². The van der Waals surface area contributed by atoms with Crippen LogP contribution in [0.1, 0.15) is 30.0 Å². The van der Waals surface area contributed by atoms with Crippen LogP contribution in [0.2, 0.25) is 0 Å². The summed E-state index contributed by atoms with van der Waals surface area (Å²) in [5, 5.41) is 21.8. The lowest BCUT2D eigenvalue weighted by molar-refractivity contribution is -0.117. The smallest absolute Gasteiger partial charge is 0.244 e. The molecule has 4 nitrogen and oxygen atoms in total. The van der Waals surface area contributed by atoms with Crippen molar-refractivity contribution < 1.29 is 15.0 Å². The van der Waals surface area contributed by atoms with Crippen molar-refractivity contribution in [2.24, 2.45) is 5.92 Å². The Kier molecular flexibility index (Phi) is 5.93. The Morgan fingerprint density at radius 1 is 1.08 bits per heavy atom. The highest BCUT2D eigenvalue weighted by molar-refractivity contribution is 7.59. The molecule has 0 aromatic heterocycles. The van der Waals surface area contributed by atoms with E-state index < -0.39 is 0 Å². The fourth-order valence-corrected chi connectivity index (χ4v) is 2.58. The molecular formula is C19H21NO3S. The molecule has 5 heteroatoms. The van der Waals surface area contributed by atoms with E-state index in [1.54, 1.807) is 12.1 Å². The molecule has 0 bridgehead atoms. The van der Waals surface area contributed by atoms with Gasteiger partial charge in [-0.15, -0.1) is 0 Å². The van der Waals surface area contributed by atoms with E-state index >= 15 is 0 Å². The van der Waals surface area contributed by atoms with Crippen LogP contribution in [-0.2, 0) is 4.79 Å². The maximum Gasteiger partial charge on any atom is 0.244 e. The van der Waals surface area contributed by atoms with Crippen LogP contribution >= 0.6 is 13.5 Å². The van der Waals surface area contributed by atoms with Crippen molar-refractivity contribution in [2.75, 3.05) is 0 Å². The second-order valence-electron chi connectivity index (χ2n) is 5.82. The van der Waals surface area contributed by atoms with Gasteiger partial charge in [0.15, 0.2) is 11.5 Å². The van der Waals surface area contributed by atoms with Gasteiger partial charge < -0.3 is 15.5 Å². The predicted molar refractivity (Wildman–Crippen MR) is 99.2 cm³/mol. The van der Waals surface area contributed by atoms with Crippen LogP contribution < -0.4 is 5.32 Å². The van der Waals surface area contributed by atoms with Gasteiger partial charge in [0, 0.05) is 6.08 Å². The van der Waals surface area contributed by atoms with Crippen LogP contribution in [0.15, 0.2) is 54.6 Å². The van der Waals surface area contributed by atoms with Crippen LogP contribution in [0.3, 0.4) is 0 Å². The molecule has 0 unspecified atom stereocenters. The Hall–Kier alpha value is -2.40. The second kappa shape index (κ2) is 7.93. The summed E-state index contributed by atoms with van der Waals surface area (Å²) in [5.41, 5.74) is 1.78. The molecule has 3 rings (SSSR count). The summed E-state index contributed by atoms with van der Waals surface area (Å²) in [5.74, 6) is -0.0389. The second-order valence-corrected chi connectivity index (χ2v) is 5.82. The summed E-state index contributed by atoms with van der Waals surface area (Å²) < 4.78 is 0. The zero-order valence-corrected chi connectivity index (χ0v) is 14.1. The molecule has 24 heavy (non-hydrogen) atoms. The average molecular weight is 343 g/mol. The van der Waals surface area contributed by atoms with Crippen LogP contribution in [-0.4, -0.2) is 16.1 Å². The Morgan fingerprint density at radius 3 is 2.42 bits per heavy atom. The summed E-state index contributed by atoms with van der Waals surface area (Å²) in [4.78, 5) is 12.2. The van der Waals surface area contributed by atoms with Gasteiger partial charge in [-0.2, -0.15) is 13.5 Å².